The van der Waals surface area contributed by atoms with Gasteiger partial charge in [0.05, 0.1) is 29.4 Å². The molecule has 2 amide bonds. The number of para-hydroxylation sites is 1. The van der Waals surface area contributed by atoms with Crippen molar-refractivity contribution in [3.8, 4) is 0 Å². The third kappa shape index (κ3) is 3.98. The summed E-state index contributed by atoms with van der Waals surface area (Å²) in [7, 11) is 0. The fourth-order valence-electron chi connectivity index (χ4n) is 3.95. The SMILES string of the molecule is CCOC(=O)N1CCN(C(=O)CN2CCCC2c2nc3ccccc3s2)CC1. The Labute approximate surface area is 168 Å². The standard InChI is InChI=1S/C20H26N4O3S/c1-2-27-20(26)23-12-10-22(11-13-23)18(25)14-24-9-5-7-16(24)19-21-15-6-3-4-8-17(15)28-19/h3-4,6,8,16H,2,5,7,9-14H2,1H3. The van der Waals surface area contributed by atoms with Gasteiger partial charge in [-0.1, -0.05) is 12.1 Å². The van der Waals surface area contributed by atoms with E-state index < -0.39 is 0 Å². The van der Waals surface area contributed by atoms with Crippen molar-refractivity contribution in [2.24, 2.45) is 0 Å². The van der Waals surface area contributed by atoms with Crippen molar-refractivity contribution in [3.63, 3.8) is 0 Å². The molecule has 0 aliphatic carbocycles. The third-order valence-corrected chi connectivity index (χ3v) is 6.59. The van der Waals surface area contributed by atoms with E-state index in [-0.39, 0.29) is 18.0 Å². The van der Waals surface area contributed by atoms with Crippen molar-refractivity contribution >= 4 is 33.6 Å². The molecule has 28 heavy (non-hydrogen) atoms. The van der Waals surface area contributed by atoms with Gasteiger partial charge in [-0.3, -0.25) is 9.69 Å². The van der Waals surface area contributed by atoms with Gasteiger partial charge >= 0.3 is 6.09 Å². The molecule has 0 N–H and O–H groups in total. The van der Waals surface area contributed by atoms with Crippen LogP contribution in [0.15, 0.2) is 24.3 Å². The van der Waals surface area contributed by atoms with Crippen LogP contribution in [0.5, 0.6) is 0 Å². The van der Waals surface area contributed by atoms with E-state index in [2.05, 4.69) is 11.0 Å². The van der Waals surface area contributed by atoms with Gasteiger partial charge in [0.1, 0.15) is 5.01 Å². The number of hydrogen-bond acceptors (Lipinski definition) is 6. The van der Waals surface area contributed by atoms with E-state index in [4.69, 9.17) is 9.72 Å². The molecule has 1 unspecified atom stereocenters. The maximum atomic E-state index is 12.8. The molecule has 3 heterocycles. The van der Waals surface area contributed by atoms with Crippen LogP contribution in [0.25, 0.3) is 10.2 Å². The topological polar surface area (TPSA) is 66.0 Å². The van der Waals surface area contributed by atoms with E-state index in [0.717, 1.165) is 29.9 Å². The molecule has 0 spiro atoms. The lowest BCUT2D eigenvalue weighted by molar-refractivity contribution is -0.134. The van der Waals surface area contributed by atoms with Crippen molar-refractivity contribution in [2.75, 3.05) is 45.9 Å². The summed E-state index contributed by atoms with van der Waals surface area (Å²) < 4.78 is 6.24. The maximum absolute atomic E-state index is 12.8. The van der Waals surface area contributed by atoms with Crippen LogP contribution in [0, 0.1) is 0 Å². The molecule has 0 saturated carbocycles. The third-order valence-electron chi connectivity index (χ3n) is 5.46. The van der Waals surface area contributed by atoms with Crippen molar-refractivity contribution in [3.05, 3.63) is 29.3 Å². The summed E-state index contributed by atoms with van der Waals surface area (Å²) in [4.78, 5) is 35.3. The average molecular weight is 403 g/mol. The lowest BCUT2D eigenvalue weighted by Gasteiger charge is -2.35. The Bertz CT molecular complexity index is 814. The summed E-state index contributed by atoms with van der Waals surface area (Å²) in [6.45, 7) is 5.72. The Kier molecular flexibility index (Phi) is 5.77. The number of amides is 2. The molecule has 0 bridgehead atoms. The van der Waals surface area contributed by atoms with Crippen molar-refractivity contribution in [1.82, 2.24) is 19.7 Å². The second-order valence-corrected chi connectivity index (χ2v) is 8.28. The highest BCUT2D eigenvalue weighted by Crippen LogP contribution is 2.36. The highest BCUT2D eigenvalue weighted by atomic mass is 32.1. The summed E-state index contributed by atoms with van der Waals surface area (Å²) >= 11 is 1.73. The molecule has 2 aliphatic heterocycles. The minimum absolute atomic E-state index is 0.136. The molecule has 7 nitrogen and oxygen atoms in total. The van der Waals surface area contributed by atoms with Gasteiger partial charge in [-0.25, -0.2) is 9.78 Å². The van der Waals surface area contributed by atoms with Crippen LogP contribution >= 0.6 is 11.3 Å². The van der Waals surface area contributed by atoms with Crippen LogP contribution in [-0.4, -0.2) is 77.6 Å². The predicted molar refractivity (Wildman–Crippen MR) is 108 cm³/mol. The van der Waals surface area contributed by atoms with Crippen LogP contribution in [0.4, 0.5) is 4.79 Å². The molecule has 2 aliphatic rings. The number of likely N-dealkylation sites (tertiary alicyclic amines) is 1. The van der Waals surface area contributed by atoms with E-state index in [1.54, 1.807) is 23.2 Å². The number of nitrogens with zero attached hydrogens (tertiary/aromatic N) is 4. The van der Waals surface area contributed by atoms with Crippen molar-refractivity contribution in [1.29, 1.82) is 0 Å². The largest absolute Gasteiger partial charge is 0.450 e. The van der Waals surface area contributed by atoms with Crippen molar-refractivity contribution in [2.45, 2.75) is 25.8 Å². The number of benzene rings is 1. The summed E-state index contributed by atoms with van der Waals surface area (Å²) in [5.74, 6) is 0.136. The normalized spacial score (nSPS) is 20.7. The van der Waals surface area contributed by atoms with Gasteiger partial charge in [-0.05, 0) is 38.4 Å². The number of ether oxygens (including phenoxy) is 1. The molecule has 2 aromatic rings. The first-order valence-electron chi connectivity index (χ1n) is 9.94. The fourth-order valence-corrected chi connectivity index (χ4v) is 5.09. The van der Waals surface area contributed by atoms with Crippen LogP contribution < -0.4 is 0 Å². The quantitative estimate of drug-likeness (QED) is 0.787. The minimum Gasteiger partial charge on any atom is -0.450 e. The number of fused-ring (bicyclic) bond motifs is 1. The first kappa shape index (κ1) is 19.1. The van der Waals surface area contributed by atoms with Crippen LogP contribution in [-0.2, 0) is 9.53 Å². The minimum atomic E-state index is -0.287. The van der Waals surface area contributed by atoms with E-state index in [1.165, 1.54) is 4.70 Å². The van der Waals surface area contributed by atoms with Gasteiger partial charge in [-0.15, -0.1) is 11.3 Å². The molecule has 1 aromatic carbocycles. The van der Waals surface area contributed by atoms with Crippen molar-refractivity contribution < 1.29 is 14.3 Å². The van der Waals surface area contributed by atoms with Crippen LogP contribution in [0.1, 0.15) is 30.8 Å². The molecule has 0 radical (unpaired) electrons. The number of carbonyl (C=O) groups is 2. The van der Waals surface area contributed by atoms with E-state index >= 15 is 0 Å². The van der Waals surface area contributed by atoms with E-state index in [0.29, 0.717) is 39.3 Å². The second-order valence-electron chi connectivity index (χ2n) is 7.22. The molecule has 150 valence electrons. The molecular weight excluding hydrogens is 376 g/mol. The van der Waals surface area contributed by atoms with Gasteiger partial charge in [0, 0.05) is 26.2 Å². The lowest BCUT2D eigenvalue weighted by Crippen LogP contribution is -2.52. The molecule has 8 heteroatoms. The molecule has 4 rings (SSSR count). The smallest absolute Gasteiger partial charge is 0.409 e. The number of carbonyl (C=O) groups excluding carboxylic acids is 2. The zero-order valence-corrected chi connectivity index (χ0v) is 17.0. The maximum Gasteiger partial charge on any atom is 0.409 e. The summed E-state index contributed by atoms with van der Waals surface area (Å²) in [6, 6.07) is 8.42. The van der Waals surface area contributed by atoms with E-state index in [1.807, 2.05) is 23.1 Å². The Balaban J connectivity index is 1.35. The fraction of sp³-hybridized carbons (Fsp3) is 0.550. The highest BCUT2D eigenvalue weighted by molar-refractivity contribution is 7.18. The average Bonchev–Trinajstić information content (AvgIpc) is 3.34. The number of hydrogen-bond donors (Lipinski definition) is 0. The first-order chi connectivity index (χ1) is 13.7. The Hall–Kier alpha value is -2.19. The Morgan fingerprint density at radius 3 is 2.64 bits per heavy atom. The molecule has 2 fully saturated rings. The van der Waals surface area contributed by atoms with Gasteiger partial charge < -0.3 is 14.5 Å². The summed E-state index contributed by atoms with van der Waals surface area (Å²) in [5, 5.41) is 1.11. The van der Waals surface area contributed by atoms with E-state index in [9.17, 15) is 9.59 Å². The monoisotopic (exact) mass is 402 g/mol. The van der Waals surface area contributed by atoms with Crippen LogP contribution in [0.3, 0.4) is 0 Å². The zero-order valence-electron chi connectivity index (χ0n) is 16.2. The number of thiazole rings is 1. The van der Waals surface area contributed by atoms with Gasteiger partial charge in [0.2, 0.25) is 5.91 Å². The predicted octanol–water partition coefficient (Wildman–Crippen LogP) is 2.73. The number of piperazine rings is 1. The molecule has 1 atom stereocenters. The Morgan fingerprint density at radius 2 is 1.89 bits per heavy atom. The number of aromatic nitrogens is 1. The molecule has 2 saturated heterocycles. The van der Waals surface area contributed by atoms with Crippen LogP contribution in [0.2, 0.25) is 0 Å². The molecule has 1 aromatic heterocycles. The molecular formula is C20H26N4O3S. The number of rotatable bonds is 4. The van der Waals surface area contributed by atoms with Gasteiger partial charge in [-0.2, -0.15) is 0 Å². The highest BCUT2D eigenvalue weighted by Gasteiger charge is 2.32. The lowest BCUT2D eigenvalue weighted by atomic mass is 10.2. The van der Waals surface area contributed by atoms with Gasteiger partial charge in [0.25, 0.3) is 0 Å². The first-order valence-corrected chi connectivity index (χ1v) is 10.8. The zero-order chi connectivity index (χ0) is 19.5. The van der Waals surface area contributed by atoms with Gasteiger partial charge in [0.15, 0.2) is 0 Å². The summed E-state index contributed by atoms with van der Waals surface area (Å²) in [6.07, 6.45) is 1.85. The second kappa shape index (κ2) is 8.45. The summed E-state index contributed by atoms with van der Waals surface area (Å²) in [5.41, 5.74) is 1.04. The Morgan fingerprint density at radius 1 is 1.14 bits per heavy atom.